The van der Waals surface area contributed by atoms with Crippen molar-refractivity contribution in [3.05, 3.63) is 28.2 Å². The largest absolute Gasteiger partial charge is 0.492 e. The second kappa shape index (κ2) is 3.14. The first kappa shape index (κ1) is 8.75. The minimum Gasteiger partial charge on any atom is -0.492 e. The second-order valence-electron chi connectivity index (χ2n) is 3.16. The van der Waals surface area contributed by atoms with Gasteiger partial charge in [0.05, 0.1) is 5.92 Å². The van der Waals surface area contributed by atoms with Gasteiger partial charge in [-0.2, -0.15) is 0 Å². The zero-order chi connectivity index (χ0) is 9.42. The van der Waals surface area contributed by atoms with E-state index in [-0.39, 0.29) is 11.7 Å². The van der Waals surface area contributed by atoms with Crippen LogP contribution in [-0.4, -0.2) is 12.4 Å². The predicted octanol–water partition coefficient (Wildman–Crippen LogP) is 2.51. The first-order valence-electron chi connectivity index (χ1n) is 4.11. The first-order chi connectivity index (χ1) is 6.18. The maximum absolute atomic E-state index is 11.2. The average Bonchev–Trinajstić information content (AvgIpc) is 2.46. The highest BCUT2D eigenvalue weighted by atomic mass is 79.9. The van der Waals surface area contributed by atoms with Crippen molar-refractivity contribution in [2.24, 2.45) is 0 Å². The number of ether oxygens (including phenoxy) is 1. The lowest BCUT2D eigenvalue weighted by Gasteiger charge is -2.02. The molecule has 1 heterocycles. The van der Waals surface area contributed by atoms with Crippen LogP contribution in [0, 0.1) is 0 Å². The number of rotatable bonds is 1. The van der Waals surface area contributed by atoms with E-state index in [0.717, 1.165) is 15.8 Å². The van der Waals surface area contributed by atoms with E-state index in [1.54, 1.807) is 6.92 Å². The third-order valence-electron chi connectivity index (χ3n) is 2.24. The zero-order valence-electron chi connectivity index (χ0n) is 7.21. The number of hydrogen-bond acceptors (Lipinski definition) is 2. The maximum atomic E-state index is 11.2. The van der Waals surface area contributed by atoms with Crippen LogP contribution in [0.15, 0.2) is 22.7 Å². The summed E-state index contributed by atoms with van der Waals surface area (Å²) >= 11 is 3.37. The Morgan fingerprint density at radius 2 is 2.38 bits per heavy atom. The summed E-state index contributed by atoms with van der Waals surface area (Å²) in [5, 5.41) is 0. The number of Topliss-reactive ketones (excluding diaryl/α,β-unsaturated/α-hetero) is 1. The number of ketones is 1. The Balaban J connectivity index is 2.46. The molecule has 1 aromatic rings. The summed E-state index contributed by atoms with van der Waals surface area (Å²) in [4.78, 5) is 11.2. The van der Waals surface area contributed by atoms with Gasteiger partial charge in [0.1, 0.15) is 18.1 Å². The molecule has 0 aromatic heterocycles. The monoisotopic (exact) mass is 240 g/mol. The fourth-order valence-corrected chi connectivity index (χ4v) is 1.90. The van der Waals surface area contributed by atoms with Gasteiger partial charge in [-0.05, 0) is 25.1 Å². The topological polar surface area (TPSA) is 26.3 Å². The third kappa shape index (κ3) is 1.48. The molecule has 1 unspecified atom stereocenters. The van der Waals surface area contributed by atoms with E-state index >= 15 is 0 Å². The Morgan fingerprint density at radius 1 is 1.62 bits per heavy atom. The molecule has 1 aliphatic rings. The normalized spacial score (nSPS) is 19.4. The summed E-state index contributed by atoms with van der Waals surface area (Å²) in [6.07, 6.45) is 0. The summed E-state index contributed by atoms with van der Waals surface area (Å²) in [6.45, 7) is 2.09. The number of fused-ring (bicyclic) bond motifs is 1. The van der Waals surface area contributed by atoms with Crippen molar-refractivity contribution in [2.45, 2.75) is 12.8 Å². The Labute approximate surface area is 85.0 Å². The highest BCUT2D eigenvalue weighted by Crippen LogP contribution is 2.35. The van der Waals surface area contributed by atoms with Gasteiger partial charge in [-0.25, -0.2) is 0 Å². The van der Waals surface area contributed by atoms with E-state index < -0.39 is 0 Å². The molecule has 2 rings (SSSR count). The summed E-state index contributed by atoms with van der Waals surface area (Å²) in [7, 11) is 0. The average molecular weight is 241 g/mol. The van der Waals surface area contributed by atoms with Gasteiger partial charge in [-0.3, -0.25) is 4.79 Å². The molecule has 0 fully saturated rings. The maximum Gasteiger partial charge on any atom is 0.140 e. The number of hydrogen-bond donors (Lipinski definition) is 0. The standard InChI is InChI=1S/C10H9BrO2/c1-6(12)9-5-13-10-3-2-7(11)4-8(9)10/h2-4,9H,5H2,1H3. The molecule has 0 saturated heterocycles. The predicted molar refractivity (Wildman–Crippen MR) is 53.1 cm³/mol. The van der Waals surface area contributed by atoms with E-state index in [1.165, 1.54) is 0 Å². The third-order valence-corrected chi connectivity index (χ3v) is 2.74. The molecular formula is C10H9BrO2. The molecule has 0 N–H and O–H groups in total. The van der Waals surface area contributed by atoms with Gasteiger partial charge in [-0.1, -0.05) is 15.9 Å². The lowest BCUT2D eigenvalue weighted by Crippen LogP contribution is -2.09. The van der Waals surface area contributed by atoms with Gasteiger partial charge in [0.25, 0.3) is 0 Å². The summed E-state index contributed by atoms with van der Waals surface area (Å²) in [5.41, 5.74) is 1.00. The van der Waals surface area contributed by atoms with E-state index in [1.807, 2.05) is 18.2 Å². The van der Waals surface area contributed by atoms with Crippen molar-refractivity contribution < 1.29 is 9.53 Å². The summed E-state index contributed by atoms with van der Waals surface area (Å²) in [5.74, 6) is 0.924. The van der Waals surface area contributed by atoms with Crippen molar-refractivity contribution in [3.8, 4) is 5.75 Å². The lowest BCUT2D eigenvalue weighted by atomic mass is 9.98. The summed E-state index contributed by atoms with van der Waals surface area (Å²) in [6, 6.07) is 5.76. The minimum atomic E-state index is -0.0764. The molecule has 13 heavy (non-hydrogen) atoms. The molecule has 0 amide bonds. The van der Waals surface area contributed by atoms with Gasteiger partial charge in [0, 0.05) is 10.0 Å². The van der Waals surface area contributed by atoms with E-state index in [0.29, 0.717) is 6.61 Å². The fourth-order valence-electron chi connectivity index (χ4n) is 1.52. The number of carbonyl (C=O) groups is 1. The molecule has 1 atom stereocenters. The van der Waals surface area contributed by atoms with Crippen molar-refractivity contribution in [1.29, 1.82) is 0 Å². The van der Waals surface area contributed by atoms with Crippen molar-refractivity contribution in [2.75, 3.05) is 6.61 Å². The SMILES string of the molecule is CC(=O)C1COc2ccc(Br)cc21. The van der Waals surface area contributed by atoms with Crippen LogP contribution in [-0.2, 0) is 4.79 Å². The summed E-state index contributed by atoms with van der Waals surface area (Å²) < 4.78 is 6.37. The van der Waals surface area contributed by atoms with Gasteiger partial charge >= 0.3 is 0 Å². The number of carbonyl (C=O) groups excluding carboxylic acids is 1. The molecular weight excluding hydrogens is 232 g/mol. The van der Waals surface area contributed by atoms with Crippen LogP contribution < -0.4 is 4.74 Å². The Kier molecular flexibility index (Phi) is 2.12. The molecule has 68 valence electrons. The van der Waals surface area contributed by atoms with Gasteiger partial charge in [0.2, 0.25) is 0 Å². The lowest BCUT2D eigenvalue weighted by molar-refractivity contribution is -0.118. The van der Waals surface area contributed by atoms with Crippen LogP contribution in [0.4, 0.5) is 0 Å². The minimum absolute atomic E-state index is 0.0764. The molecule has 1 aromatic carbocycles. The molecule has 0 radical (unpaired) electrons. The van der Waals surface area contributed by atoms with Crippen LogP contribution in [0.1, 0.15) is 18.4 Å². The first-order valence-corrected chi connectivity index (χ1v) is 4.90. The second-order valence-corrected chi connectivity index (χ2v) is 4.07. The van der Waals surface area contributed by atoms with Crippen molar-refractivity contribution in [3.63, 3.8) is 0 Å². The van der Waals surface area contributed by atoms with Crippen molar-refractivity contribution >= 4 is 21.7 Å². The van der Waals surface area contributed by atoms with Crippen LogP contribution in [0.3, 0.4) is 0 Å². The molecule has 0 aliphatic carbocycles. The molecule has 3 heteroatoms. The number of benzene rings is 1. The zero-order valence-corrected chi connectivity index (χ0v) is 8.80. The highest BCUT2D eigenvalue weighted by molar-refractivity contribution is 9.10. The van der Waals surface area contributed by atoms with Crippen LogP contribution in [0.5, 0.6) is 5.75 Å². The van der Waals surface area contributed by atoms with E-state index in [9.17, 15) is 4.79 Å². The van der Waals surface area contributed by atoms with Crippen LogP contribution >= 0.6 is 15.9 Å². The van der Waals surface area contributed by atoms with Crippen LogP contribution in [0.25, 0.3) is 0 Å². The fraction of sp³-hybridized carbons (Fsp3) is 0.300. The Morgan fingerprint density at radius 3 is 3.08 bits per heavy atom. The molecule has 0 bridgehead atoms. The molecule has 0 saturated carbocycles. The van der Waals surface area contributed by atoms with Gasteiger partial charge < -0.3 is 4.74 Å². The molecule has 0 spiro atoms. The highest BCUT2D eigenvalue weighted by Gasteiger charge is 2.27. The Bertz CT molecular complexity index is 360. The molecule has 2 nitrogen and oxygen atoms in total. The number of halogens is 1. The Hall–Kier alpha value is -0.830. The van der Waals surface area contributed by atoms with Gasteiger partial charge in [-0.15, -0.1) is 0 Å². The van der Waals surface area contributed by atoms with E-state index in [2.05, 4.69) is 15.9 Å². The quantitative estimate of drug-likeness (QED) is 0.755. The smallest absolute Gasteiger partial charge is 0.140 e. The van der Waals surface area contributed by atoms with Crippen LogP contribution in [0.2, 0.25) is 0 Å². The van der Waals surface area contributed by atoms with Gasteiger partial charge in [0.15, 0.2) is 0 Å². The van der Waals surface area contributed by atoms with E-state index in [4.69, 9.17) is 4.74 Å². The van der Waals surface area contributed by atoms with Crippen molar-refractivity contribution in [1.82, 2.24) is 0 Å². The molecule has 1 aliphatic heterocycles.